The van der Waals surface area contributed by atoms with E-state index in [0.29, 0.717) is 23.2 Å². The standard InChI is InChI=1S/C34H43NO4/c1-7-17-35-30-22-32(37-4)31(36-3)21-28(30)18-23(2)27-19-29(34(39-6)33(20-27)38-5)26-15-13-25(14-16-26)24-11-9-8-10-12-24/h13-16,18-22,24,35H,7-12,17H2,1-6H3/b23-18+. The highest BCUT2D eigenvalue weighted by atomic mass is 16.5. The highest BCUT2D eigenvalue weighted by molar-refractivity contribution is 5.88. The summed E-state index contributed by atoms with van der Waals surface area (Å²) in [5.74, 6) is 3.54. The Hall–Kier alpha value is -3.60. The van der Waals surface area contributed by atoms with E-state index in [1.54, 1.807) is 28.4 Å². The van der Waals surface area contributed by atoms with E-state index in [4.69, 9.17) is 18.9 Å². The minimum Gasteiger partial charge on any atom is -0.493 e. The molecule has 3 aromatic carbocycles. The maximum absolute atomic E-state index is 5.86. The molecule has 0 bridgehead atoms. The second-order valence-electron chi connectivity index (χ2n) is 10.3. The smallest absolute Gasteiger partial charge is 0.168 e. The fourth-order valence-corrected chi connectivity index (χ4v) is 5.52. The number of hydrogen-bond acceptors (Lipinski definition) is 5. The lowest BCUT2D eigenvalue weighted by Crippen LogP contribution is -2.04. The molecule has 0 spiro atoms. The molecule has 5 heteroatoms. The van der Waals surface area contributed by atoms with Crippen LogP contribution in [0.5, 0.6) is 23.0 Å². The Morgan fingerprint density at radius 3 is 2.10 bits per heavy atom. The number of allylic oxidation sites excluding steroid dienone is 1. The molecular weight excluding hydrogens is 486 g/mol. The number of nitrogens with one attached hydrogen (secondary N) is 1. The lowest BCUT2D eigenvalue weighted by atomic mass is 9.83. The Balaban J connectivity index is 1.75. The summed E-state index contributed by atoms with van der Waals surface area (Å²) in [5, 5.41) is 3.53. The van der Waals surface area contributed by atoms with Crippen molar-refractivity contribution in [1.82, 2.24) is 0 Å². The van der Waals surface area contributed by atoms with Gasteiger partial charge < -0.3 is 24.3 Å². The first-order valence-corrected chi connectivity index (χ1v) is 14.1. The van der Waals surface area contributed by atoms with Crippen molar-refractivity contribution in [2.45, 2.75) is 58.3 Å². The summed E-state index contributed by atoms with van der Waals surface area (Å²) in [6.45, 7) is 5.14. The normalized spacial score (nSPS) is 14.2. The third-order valence-electron chi connectivity index (χ3n) is 7.73. The van der Waals surface area contributed by atoms with Gasteiger partial charge in [0.15, 0.2) is 23.0 Å². The topological polar surface area (TPSA) is 49.0 Å². The van der Waals surface area contributed by atoms with Gasteiger partial charge in [0.2, 0.25) is 0 Å². The van der Waals surface area contributed by atoms with Gasteiger partial charge >= 0.3 is 0 Å². The molecule has 4 rings (SSSR count). The fourth-order valence-electron chi connectivity index (χ4n) is 5.52. The van der Waals surface area contributed by atoms with Crippen molar-refractivity contribution < 1.29 is 18.9 Å². The first-order chi connectivity index (χ1) is 19.0. The molecule has 0 heterocycles. The largest absolute Gasteiger partial charge is 0.493 e. The molecule has 1 fully saturated rings. The molecule has 1 N–H and O–H groups in total. The molecule has 0 radical (unpaired) electrons. The second kappa shape index (κ2) is 13.5. The summed E-state index contributed by atoms with van der Waals surface area (Å²) in [6, 6.07) is 17.3. The monoisotopic (exact) mass is 529 g/mol. The molecule has 0 saturated heterocycles. The summed E-state index contributed by atoms with van der Waals surface area (Å²) in [7, 11) is 6.72. The Bertz CT molecular complexity index is 1270. The summed E-state index contributed by atoms with van der Waals surface area (Å²) < 4.78 is 22.8. The summed E-state index contributed by atoms with van der Waals surface area (Å²) >= 11 is 0. The SMILES string of the molecule is CCCNc1cc(OC)c(OC)cc1/C=C(\C)c1cc(OC)c(OC)c(-c2ccc(C3CCCCC3)cc2)c1. The molecular formula is C34H43NO4. The second-order valence-corrected chi connectivity index (χ2v) is 10.3. The van der Waals surface area contributed by atoms with Gasteiger partial charge in [-0.25, -0.2) is 0 Å². The van der Waals surface area contributed by atoms with Crippen molar-refractivity contribution in [2.75, 3.05) is 40.3 Å². The van der Waals surface area contributed by atoms with Gasteiger partial charge in [0.1, 0.15) is 0 Å². The van der Waals surface area contributed by atoms with Crippen molar-refractivity contribution in [3.63, 3.8) is 0 Å². The summed E-state index contributed by atoms with van der Waals surface area (Å²) in [4.78, 5) is 0. The first-order valence-electron chi connectivity index (χ1n) is 14.1. The zero-order valence-corrected chi connectivity index (χ0v) is 24.4. The molecule has 0 unspecified atom stereocenters. The Morgan fingerprint density at radius 2 is 1.49 bits per heavy atom. The van der Waals surface area contributed by atoms with Crippen LogP contribution in [0.4, 0.5) is 5.69 Å². The number of benzene rings is 3. The van der Waals surface area contributed by atoms with Gasteiger partial charge in [-0.1, -0.05) is 50.5 Å². The van der Waals surface area contributed by atoms with Crippen LogP contribution >= 0.6 is 0 Å². The molecule has 0 atom stereocenters. The third-order valence-corrected chi connectivity index (χ3v) is 7.73. The molecule has 208 valence electrons. The molecule has 39 heavy (non-hydrogen) atoms. The van der Waals surface area contributed by atoms with E-state index in [-0.39, 0.29) is 0 Å². The quantitative estimate of drug-likeness (QED) is 0.252. The predicted molar refractivity (Wildman–Crippen MR) is 163 cm³/mol. The van der Waals surface area contributed by atoms with Crippen LogP contribution in [0.3, 0.4) is 0 Å². The highest BCUT2D eigenvalue weighted by Gasteiger charge is 2.18. The lowest BCUT2D eigenvalue weighted by molar-refractivity contribution is 0.355. The van der Waals surface area contributed by atoms with Crippen LogP contribution in [-0.2, 0) is 0 Å². The molecule has 1 aliphatic carbocycles. The van der Waals surface area contributed by atoms with E-state index in [1.807, 2.05) is 18.2 Å². The maximum Gasteiger partial charge on any atom is 0.168 e. The van der Waals surface area contributed by atoms with E-state index in [1.165, 1.54) is 37.7 Å². The fraction of sp³-hybridized carbons (Fsp3) is 0.412. The van der Waals surface area contributed by atoms with Gasteiger partial charge in [0.05, 0.1) is 28.4 Å². The zero-order chi connectivity index (χ0) is 27.8. The zero-order valence-electron chi connectivity index (χ0n) is 24.4. The first kappa shape index (κ1) is 28.4. The van der Waals surface area contributed by atoms with Crippen LogP contribution in [-0.4, -0.2) is 35.0 Å². The van der Waals surface area contributed by atoms with Crippen LogP contribution in [0.2, 0.25) is 0 Å². The average Bonchev–Trinajstić information content (AvgIpc) is 2.99. The van der Waals surface area contributed by atoms with E-state index in [0.717, 1.165) is 52.2 Å². The van der Waals surface area contributed by atoms with Crippen LogP contribution in [0.1, 0.15) is 75.0 Å². The molecule has 5 nitrogen and oxygen atoms in total. The van der Waals surface area contributed by atoms with Gasteiger partial charge in [-0.05, 0) is 78.6 Å². The van der Waals surface area contributed by atoms with E-state index >= 15 is 0 Å². The number of rotatable bonds is 11. The number of ether oxygens (including phenoxy) is 4. The van der Waals surface area contributed by atoms with Crippen molar-refractivity contribution in [2.24, 2.45) is 0 Å². The summed E-state index contributed by atoms with van der Waals surface area (Å²) in [5.41, 5.74) is 7.79. The minimum absolute atomic E-state index is 0.678. The van der Waals surface area contributed by atoms with Gasteiger partial charge in [-0.3, -0.25) is 0 Å². The van der Waals surface area contributed by atoms with Gasteiger partial charge in [-0.15, -0.1) is 0 Å². The molecule has 0 amide bonds. The Kier molecular flexibility index (Phi) is 9.80. The van der Waals surface area contributed by atoms with E-state index in [9.17, 15) is 0 Å². The Morgan fingerprint density at radius 1 is 0.821 bits per heavy atom. The van der Waals surface area contributed by atoms with Gasteiger partial charge in [-0.2, -0.15) is 0 Å². The van der Waals surface area contributed by atoms with Crippen LogP contribution < -0.4 is 24.3 Å². The molecule has 1 aliphatic rings. The van der Waals surface area contributed by atoms with Crippen LogP contribution in [0.25, 0.3) is 22.8 Å². The van der Waals surface area contributed by atoms with E-state index < -0.39 is 0 Å². The van der Waals surface area contributed by atoms with Crippen molar-refractivity contribution in [3.05, 3.63) is 65.2 Å². The summed E-state index contributed by atoms with van der Waals surface area (Å²) in [6.07, 6.45) is 9.82. The Labute approximate surface area is 234 Å². The number of hydrogen-bond donors (Lipinski definition) is 1. The van der Waals surface area contributed by atoms with Gasteiger partial charge in [0.25, 0.3) is 0 Å². The maximum atomic E-state index is 5.86. The number of methoxy groups -OCH3 is 4. The number of anilines is 1. The van der Waals surface area contributed by atoms with Crippen LogP contribution in [0, 0.1) is 0 Å². The van der Waals surface area contributed by atoms with Crippen molar-refractivity contribution >= 4 is 17.3 Å². The third kappa shape index (κ3) is 6.52. The molecule has 1 saturated carbocycles. The molecule has 0 aromatic heterocycles. The van der Waals surface area contributed by atoms with Crippen molar-refractivity contribution in [3.8, 4) is 34.1 Å². The molecule has 3 aromatic rings. The minimum atomic E-state index is 0.678. The highest BCUT2D eigenvalue weighted by Crippen LogP contribution is 2.43. The predicted octanol–water partition coefficient (Wildman–Crippen LogP) is 8.82. The van der Waals surface area contributed by atoms with Crippen molar-refractivity contribution in [1.29, 1.82) is 0 Å². The van der Waals surface area contributed by atoms with E-state index in [2.05, 4.69) is 55.6 Å². The van der Waals surface area contributed by atoms with Gasteiger partial charge in [0, 0.05) is 29.4 Å². The lowest BCUT2D eigenvalue weighted by Gasteiger charge is -2.22. The average molecular weight is 530 g/mol. The van der Waals surface area contributed by atoms with Crippen LogP contribution in [0.15, 0.2) is 48.5 Å². The molecule has 0 aliphatic heterocycles.